The van der Waals surface area contributed by atoms with Crippen LogP contribution in [0.1, 0.15) is 55.8 Å². The first-order chi connectivity index (χ1) is 11.9. The molecule has 3 rings (SSSR count). The molecule has 3 unspecified atom stereocenters. The Hall–Kier alpha value is -1.75. The predicted octanol–water partition coefficient (Wildman–Crippen LogP) is 3.15. The van der Waals surface area contributed by atoms with Crippen molar-refractivity contribution in [3.05, 3.63) is 35.6 Å². The SMILES string of the molecule is CC1(N)CCCCC1C(=O)N1CCCC(C(=O)c2ccc(F)cc2)C1. The minimum atomic E-state index is -0.455. The molecule has 0 aromatic heterocycles. The lowest BCUT2D eigenvalue weighted by molar-refractivity contribution is -0.140. The molecular formula is C20H27FN2O2. The molecule has 1 saturated carbocycles. The van der Waals surface area contributed by atoms with Crippen molar-refractivity contribution in [3.63, 3.8) is 0 Å². The summed E-state index contributed by atoms with van der Waals surface area (Å²) in [6.07, 6.45) is 5.40. The first kappa shape index (κ1) is 18.1. The molecule has 1 saturated heterocycles. The van der Waals surface area contributed by atoms with Crippen molar-refractivity contribution in [1.82, 2.24) is 4.90 Å². The lowest BCUT2D eigenvalue weighted by atomic mass is 9.73. The lowest BCUT2D eigenvalue weighted by Gasteiger charge is -2.42. The van der Waals surface area contributed by atoms with Gasteiger partial charge in [-0.25, -0.2) is 4.39 Å². The Morgan fingerprint density at radius 2 is 1.88 bits per heavy atom. The Kier molecular flexibility index (Phi) is 5.23. The molecule has 25 heavy (non-hydrogen) atoms. The molecule has 0 bridgehead atoms. The molecule has 2 N–H and O–H groups in total. The second kappa shape index (κ2) is 7.24. The van der Waals surface area contributed by atoms with Crippen LogP contribution in [0.25, 0.3) is 0 Å². The Morgan fingerprint density at radius 3 is 2.56 bits per heavy atom. The highest BCUT2D eigenvalue weighted by Gasteiger charge is 2.41. The van der Waals surface area contributed by atoms with E-state index >= 15 is 0 Å². The number of halogens is 1. The van der Waals surface area contributed by atoms with Crippen LogP contribution >= 0.6 is 0 Å². The Balaban J connectivity index is 1.69. The molecule has 0 radical (unpaired) electrons. The summed E-state index contributed by atoms with van der Waals surface area (Å²) in [6.45, 7) is 3.11. The molecule has 0 spiro atoms. The maximum absolute atomic E-state index is 13.1. The minimum absolute atomic E-state index is 0.00310. The number of nitrogens with two attached hydrogens (primary N) is 1. The second-order valence-corrected chi connectivity index (χ2v) is 7.80. The van der Waals surface area contributed by atoms with Gasteiger partial charge in [-0.15, -0.1) is 0 Å². The van der Waals surface area contributed by atoms with Crippen LogP contribution in [0.5, 0.6) is 0 Å². The molecule has 136 valence electrons. The minimum Gasteiger partial charge on any atom is -0.342 e. The molecule has 1 heterocycles. The number of carbonyl (C=O) groups is 2. The highest BCUT2D eigenvalue weighted by atomic mass is 19.1. The molecule has 3 atom stereocenters. The van der Waals surface area contributed by atoms with Gasteiger partial charge in [0.05, 0.1) is 5.92 Å². The molecule has 1 aliphatic heterocycles. The number of carbonyl (C=O) groups excluding carboxylic acids is 2. The lowest BCUT2D eigenvalue weighted by Crippen LogP contribution is -2.55. The molecular weight excluding hydrogens is 319 g/mol. The van der Waals surface area contributed by atoms with Gasteiger partial charge in [0.1, 0.15) is 5.82 Å². The number of piperidine rings is 1. The summed E-state index contributed by atoms with van der Waals surface area (Å²) in [4.78, 5) is 27.5. The molecule has 1 amide bonds. The van der Waals surface area contributed by atoms with Gasteiger partial charge < -0.3 is 10.6 Å². The van der Waals surface area contributed by atoms with E-state index in [0.29, 0.717) is 18.7 Å². The fourth-order valence-corrected chi connectivity index (χ4v) is 4.23. The van der Waals surface area contributed by atoms with Crippen LogP contribution in [0.4, 0.5) is 4.39 Å². The van der Waals surface area contributed by atoms with Crippen LogP contribution < -0.4 is 5.73 Å². The Labute approximate surface area is 148 Å². The number of hydrogen-bond acceptors (Lipinski definition) is 3. The van der Waals surface area contributed by atoms with Crippen LogP contribution in [0, 0.1) is 17.7 Å². The van der Waals surface area contributed by atoms with Crippen molar-refractivity contribution in [2.75, 3.05) is 13.1 Å². The van der Waals surface area contributed by atoms with E-state index < -0.39 is 5.54 Å². The molecule has 1 aromatic carbocycles. The van der Waals surface area contributed by atoms with Gasteiger partial charge in [-0.3, -0.25) is 9.59 Å². The van der Waals surface area contributed by atoms with Gasteiger partial charge >= 0.3 is 0 Å². The number of rotatable bonds is 3. The number of likely N-dealkylation sites (tertiary alicyclic amines) is 1. The van der Waals surface area contributed by atoms with Crippen molar-refractivity contribution < 1.29 is 14.0 Å². The van der Waals surface area contributed by atoms with Crippen LogP contribution in [0.15, 0.2) is 24.3 Å². The number of nitrogens with zero attached hydrogens (tertiary/aromatic N) is 1. The van der Waals surface area contributed by atoms with Crippen LogP contribution in [-0.4, -0.2) is 35.2 Å². The van der Waals surface area contributed by atoms with Crippen LogP contribution in [0.3, 0.4) is 0 Å². The van der Waals surface area contributed by atoms with Crippen LogP contribution in [-0.2, 0) is 4.79 Å². The predicted molar refractivity (Wildman–Crippen MR) is 94.6 cm³/mol. The Morgan fingerprint density at radius 1 is 1.16 bits per heavy atom. The third-order valence-electron chi connectivity index (χ3n) is 5.78. The summed E-state index contributed by atoms with van der Waals surface area (Å²) in [6, 6.07) is 5.66. The zero-order valence-corrected chi connectivity index (χ0v) is 14.8. The first-order valence-electron chi connectivity index (χ1n) is 9.26. The fraction of sp³-hybridized carbons (Fsp3) is 0.600. The summed E-state index contributed by atoms with van der Waals surface area (Å²) in [5.74, 6) is -0.619. The summed E-state index contributed by atoms with van der Waals surface area (Å²) in [5, 5.41) is 0. The van der Waals surface area contributed by atoms with E-state index in [4.69, 9.17) is 5.73 Å². The van der Waals surface area contributed by atoms with E-state index in [0.717, 1.165) is 38.5 Å². The fourth-order valence-electron chi connectivity index (χ4n) is 4.23. The number of ketones is 1. The van der Waals surface area contributed by atoms with E-state index in [2.05, 4.69) is 0 Å². The van der Waals surface area contributed by atoms with Gasteiger partial charge in [-0.05, 0) is 56.9 Å². The maximum atomic E-state index is 13.1. The average Bonchev–Trinajstić information content (AvgIpc) is 2.61. The standard InChI is InChI=1S/C20H27FN2O2/c1-20(22)11-3-2-6-17(20)19(25)23-12-4-5-15(13-23)18(24)14-7-9-16(21)10-8-14/h7-10,15,17H,2-6,11-13,22H2,1H3. The van der Waals surface area contributed by atoms with E-state index in [9.17, 15) is 14.0 Å². The van der Waals surface area contributed by atoms with E-state index in [1.54, 1.807) is 0 Å². The van der Waals surface area contributed by atoms with Gasteiger partial charge in [0, 0.05) is 30.1 Å². The summed E-state index contributed by atoms with van der Waals surface area (Å²) in [5.41, 5.74) is 6.44. The average molecular weight is 346 g/mol. The normalized spacial score (nSPS) is 30.1. The van der Waals surface area contributed by atoms with Crippen molar-refractivity contribution in [2.24, 2.45) is 17.6 Å². The van der Waals surface area contributed by atoms with E-state index in [-0.39, 0.29) is 29.3 Å². The monoisotopic (exact) mass is 346 g/mol. The van der Waals surface area contributed by atoms with Crippen molar-refractivity contribution in [2.45, 2.75) is 51.0 Å². The Bertz CT molecular complexity index is 642. The maximum Gasteiger partial charge on any atom is 0.227 e. The molecule has 1 aliphatic carbocycles. The molecule has 1 aromatic rings. The highest BCUT2D eigenvalue weighted by Crippen LogP contribution is 2.34. The quantitative estimate of drug-likeness (QED) is 0.855. The number of hydrogen-bond donors (Lipinski definition) is 1. The van der Waals surface area contributed by atoms with Crippen molar-refractivity contribution in [1.29, 1.82) is 0 Å². The number of benzene rings is 1. The molecule has 4 nitrogen and oxygen atoms in total. The van der Waals surface area contributed by atoms with E-state index in [1.165, 1.54) is 24.3 Å². The molecule has 5 heteroatoms. The van der Waals surface area contributed by atoms with Gasteiger partial charge in [0.2, 0.25) is 5.91 Å². The number of amides is 1. The zero-order valence-electron chi connectivity index (χ0n) is 14.8. The molecule has 2 fully saturated rings. The van der Waals surface area contributed by atoms with Crippen LogP contribution in [0.2, 0.25) is 0 Å². The van der Waals surface area contributed by atoms with Gasteiger partial charge in [-0.2, -0.15) is 0 Å². The second-order valence-electron chi connectivity index (χ2n) is 7.80. The molecule has 2 aliphatic rings. The van der Waals surface area contributed by atoms with Gasteiger partial charge in [-0.1, -0.05) is 12.8 Å². The number of Topliss-reactive ketones (excluding diaryl/α,β-unsaturated/α-hetero) is 1. The van der Waals surface area contributed by atoms with Crippen molar-refractivity contribution in [3.8, 4) is 0 Å². The first-order valence-corrected chi connectivity index (χ1v) is 9.26. The summed E-state index contributed by atoms with van der Waals surface area (Å²) in [7, 11) is 0. The van der Waals surface area contributed by atoms with Crippen molar-refractivity contribution >= 4 is 11.7 Å². The third-order valence-corrected chi connectivity index (χ3v) is 5.78. The smallest absolute Gasteiger partial charge is 0.227 e. The third kappa shape index (κ3) is 3.92. The van der Waals surface area contributed by atoms with Gasteiger partial charge in [0.25, 0.3) is 0 Å². The van der Waals surface area contributed by atoms with Gasteiger partial charge in [0.15, 0.2) is 5.78 Å². The largest absolute Gasteiger partial charge is 0.342 e. The summed E-state index contributed by atoms with van der Waals surface area (Å²) >= 11 is 0. The highest BCUT2D eigenvalue weighted by molar-refractivity contribution is 5.98. The summed E-state index contributed by atoms with van der Waals surface area (Å²) < 4.78 is 13.1. The zero-order chi connectivity index (χ0) is 18.0. The topological polar surface area (TPSA) is 63.4 Å². The van der Waals surface area contributed by atoms with E-state index in [1.807, 2.05) is 11.8 Å².